The molecule has 112 valence electrons. The molecule has 0 bridgehead atoms. The molecule has 4 heteroatoms. The van der Waals surface area contributed by atoms with Crippen LogP contribution in [0.3, 0.4) is 0 Å². The van der Waals surface area contributed by atoms with Crippen molar-refractivity contribution < 1.29 is 0 Å². The maximum atomic E-state index is 4.42. The standard InChI is InChI=1S/C15H32N4/c1-6-10-18(7-2)12-9-17-14(16-5)19-11-8-15(3,4)13-19/h6-13H2,1-5H3,(H,16,17). The molecule has 1 fully saturated rings. The first-order valence-electron chi connectivity index (χ1n) is 7.70. The Labute approximate surface area is 119 Å². The molecule has 1 rings (SSSR count). The fourth-order valence-electron chi connectivity index (χ4n) is 2.70. The number of nitrogens with zero attached hydrogens (tertiary/aromatic N) is 3. The predicted octanol–water partition coefficient (Wildman–Crippen LogP) is 2.03. The first kappa shape index (κ1) is 16.3. The minimum atomic E-state index is 0.426. The summed E-state index contributed by atoms with van der Waals surface area (Å²) in [6.45, 7) is 15.8. The lowest BCUT2D eigenvalue weighted by Gasteiger charge is -2.25. The van der Waals surface area contributed by atoms with Gasteiger partial charge in [-0.2, -0.15) is 0 Å². The van der Waals surface area contributed by atoms with Gasteiger partial charge in [0.05, 0.1) is 0 Å². The van der Waals surface area contributed by atoms with Crippen LogP contribution < -0.4 is 5.32 Å². The first-order valence-corrected chi connectivity index (χ1v) is 7.70. The van der Waals surface area contributed by atoms with Crippen molar-refractivity contribution in [3.05, 3.63) is 0 Å². The molecule has 1 heterocycles. The van der Waals surface area contributed by atoms with E-state index in [1.165, 1.54) is 19.4 Å². The van der Waals surface area contributed by atoms with E-state index in [2.05, 4.69) is 47.8 Å². The van der Waals surface area contributed by atoms with Crippen molar-refractivity contribution in [3.8, 4) is 0 Å². The Bertz CT molecular complexity index is 286. The molecule has 0 aromatic rings. The third kappa shape index (κ3) is 5.39. The highest BCUT2D eigenvalue weighted by Gasteiger charge is 2.30. The van der Waals surface area contributed by atoms with Crippen LogP contribution >= 0.6 is 0 Å². The predicted molar refractivity (Wildman–Crippen MR) is 83.7 cm³/mol. The molecular formula is C15H32N4. The summed E-state index contributed by atoms with van der Waals surface area (Å²) in [6.07, 6.45) is 2.48. The van der Waals surface area contributed by atoms with Crippen LogP contribution in [0, 0.1) is 5.41 Å². The van der Waals surface area contributed by atoms with E-state index in [9.17, 15) is 0 Å². The molecule has 1 saturated heterocycles. The van der Waals surface area contributed by atoms with E-state index in [4.69, 9.17) is 0 Å². The van der Waals surface area contributed by atoms with E-state index >= 15 is 0 Å². The number of hydrogen-bond donors (Lipinski definition) is 1. The van der Waals surface area contributed by atoms with Gasteiger partial charge in [0.25, 0.3) is 0 Å². The minimum absolute atomic E-state index is 0.426. The molecule has 0 aromatic carbocycles. The summed E-state index contributed by atoms with van der Waals surface area (Å²) in [6, 6.07) is 0. The van der Waals surface area contributed by atoms with Crippen molar-refractivity contribution in [2.75, 3.05) is 46.3 Å². The number of nitrogens with one attached hydrogen (secondary N) is 1. The fourth-order valence-corrected chi connectivity index (χ4v) is 2.70. The van der Waals surface area contributed by atoms with Gasteiger partial charge in [0, 0.05) is 33.2 Å². The number of rotatable bonds is 6. The molecule has 0 amide bonds. The van der Waals surface area contributed by atoms with Crippen molar-refractivity contribution in [1.82, 2.24) is 15.1 Å². The highest BCUT2D eigenvalue weighted by molar-refractivity contribution is 5.80. The SMILES string of the molecule is CCCN(CC)CCNC(=NC)N1CCC(C)(C)C1. The van der Waals surface area contributed by atoms with Gasteiger partial charge in [0.1, 0.15) is 0 Å². The Morgan fingerprint density at radius 3 is 2.53 bits per heavy atom. The van der Waals surface area contributed by atoms with Gasteiger partial charge in [0.2, 0.25) is 0 Å². The molecule has 0 atom stereocenters. The quantitative estimate of drug-likeness (QED) is 0.591. The second-order valence-corrected chi connectivity index (χ2v) is 6.24. The molecule has 19 heavy (non-hydrogen) atoms. The zero-order chi connectivity index (χ0) is 14.3. The molecule has 1 aliphatic heterocycles. The number of hydrogen-bond acceptors (Lipinski definition) is 2. The van der Waals surface area contributed by atoms with E-state index in [0.29, 0.717) is 5.41 Å². The van der Waals surface area contributed by atoms with Crippen molar-refractivity contribution in [2.45, 2.75) is 40.5 Å². The zero-order valence-electron chi connectivity index (χ0n) is 13.5. The molecule has 0 aliphatic carbocycles. The molecule has 0 spiro atoms. The maximum Gasteiger partial charge on any atom is 0.193 e. The van der Waals surface area contributed by atoms with E-state index in [-0.39, 0.29) is 0 Å². The van der Waals surface area contributed by atoms with Crippen LogP contribution in [0.1, 0.15) is 40.5 Å². The maximum absolute atomic E-state index is 4.42. The summed E-state index contributed by atoms with van der Waals surface area (Å²) in [5, 5.41) is 3.51. The van der Waals surface area contributed by atoms with E-state index in [0.717, 1.165) is 38.7 Å². The molecule has 0 unspecified atom stereocenters. The fraction of sp³-hybridized carbons (Fsp3) is 0.933. The van der Waals surface area contributed by atoms with Crippen LogP contribution in [-0.4, -0.2) is 62.1 Å². The van der Waals surface area contributed by atoms with Crippen molar-refractivity contribution in [2.24, 2.45) is 10.4 Å². The number of likely N-dealkylation sites (tertiary alicyclic amines) is 1. The Hall–Kier alpha value is -0.770. The Morgan fingerprint density at radius 1 is 1.32 bits per heavy atom. The van der Waals surface area contributed by atoms with Crippen LogP contribution in [0.2, 0.25) is 0 Å². The average Bonchev–Trinajstić information content (AvgIpc) is 2.73. The van der Waals surface area contributed by atoms with Gasteiger partial charge >= 0.3 is 0 Å². The van der Waals surface area contributed by atoms with Crippen molar-refractivity contribution in [3.63, 3.8) is 0 Å². The van der Waals surface area contributed by atoms with Gasteiger partial charge in [-0.15, -0.1) is 0 Å². The zero-order valence-corrected chi connectivity index (χ0v) is 13.5. The summed E-state index contributed by atoms with van der Waals surface area (Å²) >= 11 is 0. The molecule has 1 N–H and O–H groups in total. The molecule has 0 saturated carbocycles. The molecule has 4 nitrogen and oxygen atoms in total. The average molecular weight is 268 g/mol. The topological polar surface area (TPSA) is 30.9 Å². The molecule has 0 aromatic heterocycles. The number of aliphatic imine (C=N–C) groups is 1. The van der Waals surface area contributed by atoms with Crippen molar-refractivity contribution >= 4 is 5.96 Å². The molecule has 0 radical (unpaired) electrons. The van der Waals surface area contributed by atoms with Crippen LogP contribution in [0.5, 0.6) is 0 Å². The Kier molecular flexibility index (Phi) is 6.63. The lowest BCUT2D eigenvalue weighted by atomic mass is 9.93. The minimum Gasteiger partial charge on any atom is -0.355 e. The highest BCUT2D eigenvalue weighted by atomic mass is 15.3. The van der Waals surface area contributed by atoms with E-state index in [1.54, 1.807) is 0 Å². The normalized spacial score (nSPS) is 19.3. The molecular weight excluding hydrogens is 236 g/mol. The second kappa shape index (κ2) is 7.73. The van der Waals surface area contributed by atoms with Gasteiger partial charge < -0.3 is 15.1 Å². The molecule has 1 aliphatic rings. The van der Waals surface area contributed by atoms with Crippen LogP contribution in [0.15, 0.2) is 4.99 Å². The largest absolute Gasteiger partial charge is 0.355 e. The van der Waals surface area contributed by atoms with E-state index < -0.39 is 0 Å². The van der Waals surface area contributed by atoms with Gasteiger partial charge in [-0.3, -0.25) is 4.99 Å². The highest BCUT2D eigenvalue weighted by Crippen LogP contribution is 2.28. The summed E-state index contributed by atoms with van der Waals surface area (Å²) in [5.41, 5.74) is 0.426. The van der Waals surface area contributed by atoms with Crippen LogP contribution in [0.4, 0.5) is 0 Å². The Morgan fingerprint density at radius 2 is 2.05 bits per heavy atom. The van der Waals surface area contributed by atoms with Gasteiger partial charge in [0.15, 0.2) is 5.96 Å². The third-order valence-electron chi connectivity index (χ3n) is 3.89. The van der Waals surface area contributed by atoms with Gasteiger partial charge in [-0.05, 0) is 31.3 Å². The lowest BCUT2D eigenvalue weighted by molar-refractivity contribution is 0.291. The Balaban J connectivity index is 2.34. The monoisotopic (exact) mass is 268 g/mol. The van der Waals surface area contributed by atoms with E-state index in [1.807, 2.05) is 7.05 Å². The summed E-state index contributed by atoms with van der Waals surface area (Å²) < 4.78 is 0. The lowest BCUT2D eigenvalue weighted by Crippen LogP contribution is -2.43. The van der Waals surface area contributed by atoms with Crippen LogP contribution in [0.25, 0.3) is 0 Å². The second-order valence-electron chi connectivity index (χ2n) is 6.24. The summed E-state index contributed by atoms with van der Waals surface area (Å²) in [7, 11) is 1.89. The summed E-state index contributed by atoms with van der Waals surface area (Å²) in [5.74, 6) is 1.07. The van der Waals surface area contributed by atoms with Crippen LogP contribution in [-0.2, 0) is 0 Å². The van der Waals surface area contributed by atoms with Gasteiger partial charge in [-0.25, -0.2) is 0 Å². The summed E-state index contributed by atoms with van der Waals surface area (Å²) in [4.78, 5) is 9.28. The number of guanidine groups is 1. The third-order valence-corrected chi connectivity index (χ3v) is 3.89. The first-order chi connectivity index (χ1) is 9.02. The number of likely N-dealkylation sites (N-methyl/N-ethyl adjacent to an activating group) is 1. The smallest absolute Gasteiger partial charge is 0.193 e. The van der Waals surface area contributed by atoms with Crippen molar-refractivity contribution in [1.29, 1.82) is 0 Å². The van der Waals surface area contributed by atoms with Gasteiger partial charge in [-0.1, -0.05) is 27.7 Å².